The zero-order valence-electron chi connectivity index (χ0n) is 23.9. The number of likely N-dealkylation sites (tertiary alicyclic amines) is 1. The van der Waals surface area contributed by atoms with Crippen LogP contribution < -0.4 is 0 Å². The quantitative estimate of drug-likeness (QED) is 0.194. The van der Waals surface area contributed by atoms with Gasteiger partial charge in [-0.1, -0.05) is 6.07 Å². The highest BCUT2D eigenvalue weighted by Gasteiger charge is 2.59. The number of nitro groups is 1. The Morgan fingerprint density at radius 1 is 1.07 bits per heavy atom. The van der Waals surface area contributed by atoms with E-state index in [4.69, 9.17) is 0 Å². The number of aliphatic carboxylic acids is 2. The second-order valence-electron chi connectivity index (χ2n) is 10.9. The zero-order chi connectivity index (χ0) is 34.2. The molecule has 1 heterocycles. The fourth-order valence-corrected chi connectivity index (χ4v) is 5.64. The molecule has 0 radical (unpaired) electrons. The number of carbonyl (C=O) groups is 3. The highest BCUT2D eigenvalue weighted by Crippen LogP contribution is 2.46. The van der Waals surface area contributed by atoms with Gasteiger partial charge in [-0.15, -0.1) is 0 Å². The molecule has 1 saturated heterocycles. The topological polar surface area (TPSA) is 141 Å². The second-order valence-corrected chi connectivity index (χ2v) is 10.9. The number of carboxylic acid groups (broad SMARTS) is 2. The molecular formula is C28H28F7N3O7. The maximum Gasteiger partial charge on any atom is 0.416 e. The highest BCUT2D eigenvalue weighted by atomic mass is 19.4. The van der Waals surface area contributed by atoms with Crippen molar-refractivity contribution in [3.05, 3.63) is 80.1 Å². The number of hydrogen-bond donors (Lipinski definition) is 2. The fraction of sp³-hybridized carbons (Fsp3) is 0.464. The Bertz CT molecular complexity index is 1470. The van der Waals surface area contributed by atoms with Gasteiger partial charge in [-0.3, -0.25) is 19.7 Å². The van der Waals surface area contributed by atoms with Crippen LogP contribution in [0.1, 0.15) is 66.1 Å². The van der Waals surface area contributed by atoms with E-state index in [-0.39, 0.29) is 17.2 Å². The standard InChI is InChI=1S/C28H28F7N3O7/c1-14-8-19(29)4-5-20(14)22-13-26(38(44)45,21(24(41)42)12-23(39)40)6-7-37(22)25(43)36(3)15(2)16-9-17(27(30,31)32)11-18(10-16)28(33,34)35/h4-5,8-11,15,21-22H,6-7,12-13H2,1-3H3,(H,39,40)(H,41,42)/t15-,21?,22-,26-/m1/s1. The van der Waals surface area contributed by atoms with Crippen LogP contribution in [0.2, 0.25) is 0 Å². The summed E-state index contributed by atoms with van der Waals surface area (Å²) in [4.78, 5) is 50.8. The lowest BCUT2D eigenvalue weighted by Gasteiger charge is -2.45. The number of rotatable bonds is 8. The van der Waals surface area contributed by atoms with Crippen molar-refractivity contribution < 1.29 is 60.3 Å². The first-order chi connectivity index (χ1) is 20.6. The Kier molecular flexibility index (Phi) is 9.75. The van der Waals surface area contributed by atoms with Gasteiger partial charge in [0.05, 0.1) is 29.6 Å². The molecule has 0 spiro atoms. The molecule has 0 aliphatic carbocycles. The van der Waals surface area contributed by atoms with Crippen molar-refractivity contribution in [2.75, 3.05) is 13.6 Å². The molecule has 0 aromatic heterocycles. The van der Waals surface area contributed by atoms with Crippen molar-refractivity contribution in [3.8, 4) is 0 Å². The summed E-state index contributed by atoms with van der Waals surface area (Å²) in [5, 5.41) is 31.5. The Morgan fingerprint density at radius 2 is 1.62 bits per heavy atom. The van der Waals surface area contributed by atoms with Crippen molar-refractivity contribution in [2.24, 2.45) is 5.92 Å². The van der Waals surface area contributed by atoms with Crippen LogP contribution in [0.5, 0.6) is 0 Å². The van der Waals surface area contributed by atoms with Crippen LogP contribution in [0, 0.1) is 28.8 Å². The van der Waals surface area contributed by atoms with E-state index in [9.17, 15) is 65.4 Å². The molecular weight excluding hydrogens is 623 g/mol. The molecule has 1 aliphatic rings. The Labute approximate surface area is 251 Å². The van der Waals surface area contributed by atoms with Gasteiger partial charge in [0.15, 0.2) is 0 Å². The maximum absolute atomic E-state index is 14.0. The summed E-state index contributed by atoms with van der Waals surface area (Å²) < 4.78 is 94.9. The van der Waals surface area contributed by atoms with E-state index in [0.717, 1.165) is 29.0 Å². The number of carboxylic acids is 2. The molecule has 246 valence electrons. The van der Waals surface area contributed by atoms with E-state index in [1.54, 1.807) is 0 Å². The zero-order valence-corrected chi connectivity index (χ0v) is 23.9. The number of aryl methyl sites for hydroxylation is 1. The Balaban J connectivity index is 2.12. The molecule has 1 aliphatic heterocycles. The molecule has 17 heteroatoms. The van der Waals surface area contributed by atoms with Crippen molar-refractivity contribution in [3.63, 3.8) is 0 Å². The molecule has 10 nitrogen and oxygen atoms in total. The largest absolute Gasteiger partial charge is 0.481 e. The van der Waals surface area contributed by atoms with Crippen molar-refractivity contribution in [1.82, 2.24) is 9.80 Å². The molecule has 3 rings (SSSR count). The van der Waals surface area contributed by atoms with E-state index >= 15 is 0 Å². The van der Waals surface area contributed by atoms with Gasteiger partial charge in [0.1, 0.15) is 11.7 Å². The van der Waals surface area contributed by atoms with Gasteiger partial charge >= 0.3 is 30.3 Å². The third kappa shape index (κ3) is 7.28. The number of piperidine rings is 1. The number of benzene rings is 2. The number of hydrogen-bond acceptors (Lipinski definition) is 5. The lowest BCUT2D eigenvalue weighted by Crippen LogP contribution is -2.59. The summed E-state index contributed by atoms with van der Waals surface area (Å²) in [6.07, 6.45) is -12.8. The molecule has 2 aromatic rings. The maximum atomic E-state index is 14.0. The van der Waals surface area contributed by atoms with Crippen molar-refractivity contribution >= 4 is 18.0 Å². The number of carbonyl (C=O) groups excluding carboxylic acids is 1. The first-order valence-corrected chi connectivity index (χ1v) is 13.3. The second kappa shape index (κ2) is 12.5. The van der Waals surface area contributed by atoms with Gasteiger partial charge in [-0.05, 0) is 60.9 Å². The van der Waals surface area contributed by atoms with Gasteiger partial charge in [-0.2, -0.15) is 26.3 Å². The third-order valence-electron chi connectivity index (χ3n) is 8.21. The fourth-order valence-electron chi connectivity index (χ4n) is 5.64. The average molecular weight is 652 g/mol. The Hall–Kier alpha value is -4.44. The smallest absolute Gasteiger partial charge is 0.416 e. The molecule has 0 saturated carbocycles. The SMILES string of the molecule is Cc1cc(F)ccc1[C@H]1C[C@](C(CC(=O)O)C(=O)O)([N+](=O)[O-])CCN1C(=O)N(C)[C@H](C)c1cc(C(F)(F)F)cc(C(F)(F)F)c1. The molecule has 2 N–H and O–H groups in total. The van der Waals surface area contributed by atoms with Crippen LogP contribution in [0.25, 0.3) is 0 Å². The van der Waals surface area contributed by atoms with Gasteiger partial charge in [-0.25, -0.2) is 9.18 Å². The summed E-state index contributed by atoms with van der Waals surface area (Å²) >= 11 is 0. The van der Waals surface area contributed by atoms with Crippen molar-refractivity contribution in [1.29, 1.82) is 0 Å². The summed E-state index contributed by atoms with van der Waals surface area (Å²) in [5.41, 5.74) is -5.83. The van der Waals surface area contributed by atoms with Crippen LogP contribution >= 0.6 is 0 Å². The normalized spacial score (nSPS) is 20.3. The minimum atomic E-state index is -5.15. The molecule has 4 atom stereocenters. The molecule has 1 unspecified atom stereocenters. The monoisotopic (exact) mass is 651 g/mol. The van der Waals surface area contributed by atoms with Gasteiger partial charge in [0, 0.05) is 31.4 Å². The third-order valence-corrected chi connectivity index (χ3v) is 8.21. The van der Waals surface area contributed by atoms with Crippen LogP contribution in [0.3, 0.4) is 0 Å². The van der Waals surface area contributed by atoms with Crippen LogP contribution in [-0.4, -0.2) is 62.0 Å². The summed E-state index contributed by atoms with van der Waals surface area (Å²) in [6, 6.07) is 0.308. The molecule has 45 heavy (non-hydrogen) atoms. The lowest BCUT2D eigenvalue weighted by atomic mass is 9.71. The van der Waals surface area contributed by atoms with Gasteiger partial charge < -0.3 is 20.0 Å². The minimum Gasteiger partial charge on any atom is -0.481 e. The number of amides is 2. The Morgan fingerprint density at radius 3 is 2.07 bits per heavy atom. The number of alkyl halides is 6. The average Bonchev–Trinajstić information content (AvgIpc) is 2.93. The highest BCUT2D eigenvalue weighted by molar-refractivity contribution is 5.79. The van der Waals surface area contributed by atoms with E-state index in [2.05, 4.69) is 0 Å². The van der Waals surface area contributed by atoms with E-state index in [0.29, 0.717) is 12.1 Å². The van der Waals surface area contributed by atoms with E-state index in [1.165, 1.54) is 19.9 Å². The van der Waals surface area contributed by atoms with Gasteiger partial charge in [0.2, 0.25) is 5.54 Å². The van der Waals surface area contributed by atoms with E-state index in [1.807, 2.05) is 0 Å². The summed E-state index contributed by atoms with van der Waals surface area (Å²) in [6.45, 7) is 2.02. The van der Waals surface area contributed by atoms with Crippen LogP contribution in [-0.2, 0) is 21.9 Å². The molecule has 1 fully saturated rings. The summed E-state index contributed by atoms with van der Waals surface area (Å²) in [5.74, 6) is -6.17. The van der Waals surface area contributed by atoms with Crippen LogP contribution in [0.15, 0.2) is 36.4 Å². The lowest BCUT2D eigenvalue weighted by molar-refractivity contribution is -0.585. The predicted molar refractivity (Wildman–Crippen MR) is 141 cm³/mol. The van der Waals surface area contributed by atoms with Gasteiger partial charge in [0.25, 0.3) is 0 Å². The predicted octanol–water partition coefficient (Wildman–Crippen LogP) is 6.31. The van der Waals surface area contributed by atoms with Crippen LogP contribution in [0.4, 0.5) is 35.5 Å². The first kappa shape index (κ1) is 35.0. The van der Waals surface area contributed by atoms with Crippen molar-refractivity contribution in [2.45, 2.75) is 63.1 Å². The number of nitrogens with zero attached hydrogens (tertiary/aromatic N) is 3. The van der Waals surface area contributed by atoms with E-state index < -0.39 is 107 Å². The first-order valence-electron chi connectivity index (χ1n) is 13.3. The number of urea groups is 1. The summed E-state index contributed by atoms with van der Waals surface area (Å²) in [7, 11) is 1.09. The minimum absolute atomic E-state index is 0.0663. The molecule has 2 aromatic carbocycles. The number of halogens is 7. The molecule has 0 bridgehead atoms. The molecule has 2 amide bonds.